The highest BCUT2D eigenvalue weighted by Crippen LogP contribution is 2.30. The first-order valence-corrected chi connectivity index (χ1v) is 9.11. The lowest BCUT2D eigenvalue weighted by atomic mass is 10.0. The predicted octanol–water partition coefficient (Wildman–Crippen LogP) is 2.79. The molecule has 0 atom stereocenters. The third-order valence-corrected chi connectivity index (χ3v) is 5.34. The number of piperazine rings is 1. The van der Waals surface area contributed by atoms with Gasteiger partial charge in [0.1, 0.15) is 0 Å². The van der Waals surface area contributed by atoms with E-state index in [4.69, 9.17) is 4.74 Å². The summed E-state index contributed by atoms with van der Waals surface area (Å²) in [5, 5.41) is 6.98. The molecular formula is C19H29N3O2. The van der Waals surface area contributed by atoms with Crippen molar-refractivity contribution in [1.29, 1.82) is 0 Å². The zero-order chi connectivity index (χ0) is 16.9. The van der Waals surface area contributed by atoms with E-state index in [2.05, 4.69) is 21.6 Å². The topological polar surface area (TPSA) is 53.6 Å². The van der Waals surface area contributed by atoms with Gasteiger partial charge in [0.25, 0.3) is 0 Å². The highest BCUT2D eigenvalue weighted by molar-refractivity contribution is 5.94. The van der Waals surface area contributed by atoms with Gasteiger partial charge in [-0.3, -0.25) is 0 Å². The fraction of sp³-hybridized carbons (Fsp3) is 0.632. The highest BCUT2D eigenvalue weighted by atomic mass is 16.5. The van der Waals surface area contributed by atoms with Gasteiger partial charge < -0.3 is 20.3 Å². The van der Waals surface area contributed by atoms with Crippen molar-refractivity contribution in [2.45, 2.75) is 32.6 Å². The summed E-state index contributed by atoms with van der Waals surface area (Å²) in [6, 6.07) is 4.18. The molecule has 1 saturated heterocycles. The molecule has 1 heterocycles. The van der Waals surface area contributed by atoms with Gasteiger partial charge in [-0.1, -0.05) is 12.8 Å². The Morgan fingerprint density at radius 3 is 2.67 bits per heavy atom. The van der Waals surface area contributed by atoms with Gasteiger partial charge in [0, 0.05) is 44.1 Å². The minimum atomic E-state index is -0.256. The molecule has 5 heteroatoms. The van der Waals surface area contributed by atoms with E-state index in [-0.39, 0.29) is 5.97 Å². The van der Waals surface area contributed by atoms with Crippen LogP contribution in [0, 0.1) is 12.8 Å². The number of hydrogen-bond donors (Lipinski definition) is 2. The molecule has 0 radical (unpaired) electrons. The number of carbonyl (C=O) groups excluding carboxylic acids is 1. The van der Waals surface area contributed by atoms with E-state index in [1.54, 1.807) is 0 Å². The summed E-state index contributed by atoms with van der Waals surface area (Å²) >= 11 is 0. The molecule has 0 amide bonds. The largest absolute Gasteiger partial charge is 0.465 e. The third kappa shape index (κ3) is 3.83. The van der Waals surface area contributed by atoms with Crippen LogP contribution in [0.2, 0.25) is 0 Å². The van der Waals surface area contributed by atoms with E-state index < -0.39 is 0 Å². The second kappa shape index (κ2) is 7.88. The van der Waals surface area contributed by atoms with Gasteiger partial charge in [0.2, 0.25) is 0 Å². The highest BCUT2D eigenvalue weighted by Gasteiger charge is 2.20. The molecule has 3 rings (SSSR count). The number of benzene rings is 1. The summed E-state index contributed by atoms with van der Waals surface area (Å²) in [5.41, 5.74) is 3.83. The van der Waals surface area contributed by atoms with Gasteiger partial charge >= 0.3 is 5.97 Å². The van der Waals surface area contributed by atoms with E-state index in [0.29, 0.717) is 5.56 Å². The summed E-state index contributed by atoms with van der Waals surface area (Å²) in [5.74, 6) is 0.502. The minimum Gasteiger partial charge on any atom is -0.465 e. The Kier molecular flexibility index (Phi) is 5.61. The minimum absolute atomic E-state index is 0.256. The van der Waals surface area contributed by atoms with Crippen LogP contribution in [0.15, 0.2) is 12.1 Å². The maximum absolute atomic E-state index is 12.2. The van der Waals surface area contributed by atoms with E-state index in [1.807, 2.05) is 13.0 Å². The fourth-order valence-corrected chi connectivity index (χ4v) is 3.78. The Labute approximate surface area is 144 Å². The van der Waals surface area contributed by atoms with Gasteiger partial charge in [-0.2, -0.15) is 0 Å². The summed E-state index contributed by atoms with van der Waals surface area (Å²) in [6.45, 7) is 6.88. The lowest BCUT2D eigenvalue weighted by Crippen LogP contribution is -2.43. The molecule has 132 valence electrons. The van der Waals surface area contributed by atoms with Gasteiger partial charge in [-0.25, -0.2) is 4.79 Å². The van der Waals surface area contributed by atoms with Gasteiger partial charge in [0.15, 0.2) is 0 Å². The second-order valence-corrected chi connectivity index (χ2v) is 6.93. The number of nitrogens with zero attached hydrogens (tertiary/aromatic N) is 1. The van der Waals surface area contributed by atoms with Crippen LogP contribution >= 0.6 is 0 Å². The number of rotatable bonds is 5. The number of ether oxygens (including phenoxy) is 1. The maximum atomic E-state index is 12.2. The van der Waals surface area contributed by atoms with E-state index in [1.165, 1.54) is 32.8 Å². The number of methoxy groups -OCH3 is 1. The van der Waals surface area contributed by atoms with Crippen molar-refractivity contribution in [2.24, 2.45) is 5.92 Å². The normalized spacial score (nSPS) is 18.7. The molecule has 24 heavy (non-hydrogen) atoms. The molecule has 2 N–H and O–H groups in total. The number of esters is 1. The number of anilines is 2. The molecule has 1 aliphatic heterocycles. The first kappa shape index (κ1) is 17.1. The summed E-state index contributed by atoms with van der Waals surface area (Å²) in [6.07, 6.45) is 5.32. The van der Waals surface area contributed by atoms with Crippen LogP contribution in [-0.2, 0) is 4.74 Å². The van der Waals surface area contributed by atoms with Crippen molar-refractivity contribution in [3.63, 3.8) is 0 Å². The van der Waals surface area contributed by atoms with Crippen molar-refractivity contribution >= 4 is 17.3 Å². The quantitative estimate of drug-likeness (QED) is 0.813. The molecule has 5 nitrogen and oxygen atoms in total. The SMILES string of the molecule is COC(=O)c1cc(N2CCNCC2)cc(NCC2CCCC2)c1C. The molecule has 0 bridgehead atoms. The molecule has 1 saturated carbocycles. The average molecular weight is 331 g/mol. The van der Waals surface area contributed by atoms with Crippen molar-refractivity contribution in [3.8, 4) is 0 Å². The van der Waals surface area contributed by atoms with Crippen LogP contribution in [0.5, 0.6) is 0 Å². The smallest absolute Gasteiger partial charge is 0.338 e. The van der Waals surface area contributed by atoms with Crippen LogP contribution in [0.3, 0.4) is 0 Å². The zero-order valence-electron chi connectivity index (χ0n) is 14.9. The summed E-state index contributed by atoms with van der Waals surface area (Å²) in [7, 11) is 1.45. The van der Waals surface area contributed by atoms with Crippen molar-refractivity contribution in [1.82, 2.24) is 5.32 Å². The van der Waals surface area contributed by atoms with Crippen LogP contribution in [0.25, 0.3) is 0 Å². The van der Waals surface area contributed by atoms with Gasteiger partial charge in [-0.05, 0) is 43.4 Å². The fourth-order valence-electron chi connectivity index (χ4n) is 3.78. The van der Waals surface area contributed by atoms with E-state index in [0.717, 1.165) is 55.6 Å². The first-order chi connectivity index (χ1) is 11.7. The van der Waals surface area contributed by atoms with Gasteiger partial charge in [-0.15, -0.1) is 0 Å². The van der Waals surface area contributed by atoms with Crippen molar-refractivity contribution in [2.75, 3.05) is 50.1 Å². The lowest BCUT2D eigenvalue weighted by molar-refractivity contribution is 0.0600. The number of carbonyl (C=O) groups is 1. The van der Waals surface area contributed by atoms with E-state index >= 15 is 0 Å². The van der Waals surface area contributed by atoms with Crippen molar-refractivity contribution < 1.29 is 9.53 Å². The Morgan fingerprint density at radius 2 is 2.00 bits per heavy atom. The molecule has 2 aliphatic rings. The summed E-state index contributed by atoms with van der Waals surface area (Å²) in [4.78, 5) is 14.5. The van der Waals surface area contributed by atoms with Crippen molar-refractivity contribution in [3.05, 3.63) is 23.3 Å². The molecule has 0 unspecified atom stereocenters. The molecule has 0 aromatic heterocycles. The maximum Gasteiger partial charge on any atom is 0.338 e. The third-order valence-electron chi connectivity index (χ3n) is 5.34. The van der Waals surface area contributed by atoms with Crippen LogP contribution in [0.4, 0.5) is 11.4 Å². The van der Waals surface area contributed by atoms with Gasteiger partial charge in [0.05, 0.1) is 12.7 Å². The molecule has 2 fully saturated rings. The Morgan fingerprint density at radius 1 is 1.29 bits per heavy atom. The number of nitrogens with one attached hydrogen (secondary N) is 2. The van der Waals surface area contributed by atoms with Crippen LogP contribution < -0.4 is 15.5 Å². The standard InChI is InChI=1S/C19H29N3O2/c1-14-17(19(23)24-2)11-16(22-9-7-20-8-10-22)12-18(14)21-13-15-5-3-4-6-15/h11-12,15,20-21H,3-10,13H2,1-2H3. The Bertz CT molecular complexity index is 576. The molecular weight excluding hydrogens is 302 g/mol. The molecule has 1 aromatic rings. The first-order valence-electron chi connectivity index (χ1n) is 9.11. The molecule has 0 spiro atoms. The Hall–Kier alpha value is -1.75. The zero-order valence-corrected chi connectivity index (χ0v) is 14.9. The lowest BCUT2D eigenvalue weighted by Gasteiger charge is -2.30. The molecule has 1 aliphatic carbocycles. The van der Waals surface area contributed by atoms with Crippen LogP contribution in [0.1, 0.15) is 41.6 Å². The second-order valence-electron chi connectivity index (χ2n) is 6.93. The van der Waals surface area contributed by atoms with E-state index in [9.17, 15) is 4.79 Å². The molecule has 1 aromatic carbocycles. The number of hydrogen-bond acceptors (Lipinski definition) is 5. The van der Waals surface area contributed by atoms with Crippen LogP contribution in [-0.4, -0.2) is 45.8 Å². The summed E-state index contributed by atoms with van der Waals surface area (Å²) < 4.78 is 4.99. The monoisotopic (exact) mass is 331 g/mol. The Balaban J connectivity index is 1.84. The average Bonchev–Trinajstić information content (AvgIpc) is 3.14. The predicted molar refractivity (Wildman–Crippen MR) is 98.0 cm³/mol.